The molecule has 0 saturated carbocycles. The number of thiazole rings is 1. The van der Waals surface area contributed by atoms with Gasteiger partial charge in [0, 0.05) is 17.0 Å². The zero-order valence-corrected chi connectivity index (χ0v) is 18.8. The lowest BCUT2D eigenvalue weighted by molar-refractivity contribution is 0.415. The minimum absolute atomic E-state index is 0.0508. The van der Waals surface area contributed by atoms with Gasteiger partial charge in [-0.1, -0.05) is 11.3 Å². The number of aryl methyl sites for hydroxylation is 2. The van der Waals surface area contributed by atoms with E-state index in [1.165, 1.54) is 30.4 Å². The molecule has 0 aliphatic carbocycles. The monoisotopic (exact) mass is 460 g/mol. The predicted octanol–water partition coefficient (Wildman–Crippen LogP) is 3.74. The summed E-state index contributed by atoms with van der Waals surface area (Å²) in [6, 6.07) is 11.3. The highest BCUT2D eigenvalue weighted by Gasteiger charge is 2.17. The first-order valence-corrected chi connectivity index (χ1v) is 11.8. The van der Waals surface area contributed by atoms with Crippen LogP contribution in [0.2, 0.25) is 0 Å². The van der Waals surface area contributed by atoms with Gasteiger partial charge in [0.05, 0.1) is 17.7 Å². The van der Waals surface area contributed by atoms with Gasteiger partial charge in [-0.05, 0) is 68.3 Å². The number of sulfonamides is 1. The van der Waals surface area contributed by atoms with Crippen molar-refractivity contribution in [3.63, 3.8) is 0 Å². The van der Waals surface area contributed by atoms with Crippen molar-refractivity contribution in [2.24, 2.45) is 0 Å². The van der Waals surface area contributed by atoms with Crippen LogP contribution in [0.25, 0.3) is 16.3 Å². The third-order valence-corrected chi connectivity index (χ3v) is 7.60. The maximum absolute atomic E-state index is 13.4. The first-order chi connectivity index (χ1) is 14.8. The quantitative estimate of drug-likeness (QED) is 0.454. The number of hydrogen-bond donors (Lipinski definition) is 1. The maximum atomic E-state index is 13.4. The lowest BCUT2D eigenvalue weighted by atomic mass is 10.2. The van der Waals surface area contributed by atoms with Crippen molar-refractivity contribution in [1.29, 1.82) is 0 Å². The van der Waals surface area contributed by atoms with Crippen LogP contribution in [-0.4, -0.2) is 36.7 Å². The van der Waals surface area contributed by atoms with Gasteiger partial charge in [0.1, 0.15) is 11.6 Å². The zero-order valence-electron chi connectivity index (χ0n) is 17.2. The van der Waals surface area contributed by atoms with E-state index in [9.17, 15) is 12.8 Å². The van der Waals surface area contributed by atoms with E-state index >= 15 is 0 Å². The summed E-state index contributed by atoms with van der Waals surface area (Å²) in [5.41, 5.74) is 2.10. The molecule has 2 aromatic carbocycles. The molecule has 31 heavy (non-hydrogen) atoms. The molecule has 4 aromatic rings. The number of hydrogen-bond acceptors (Lipinski definition) is 6. The third-order valence-electron chi connectivity index (χ3n) is 4.95. The van der Waals surface area contributed by atoms with Crippen molar-refractivity contribution in [3.8, 4) is 17.1 Å². The molecule has 0 fully saturated rings. The molecule has 10 heteroatoms. The van der Waals surface area contributed by atoms with Gasteiger partial charge < -0.3 is 4.74 Å². The van der Waals surface area contributed by atoms with Gasteiger partial charge in [0.25, 0.3) is 0 Å². The topological polar surface area (TPSA) is 85.6 Å². The molecule has 0 atom stereocenters. The van der Waals surface area contributed by atoms with Crippen LogP contribution in [0.15, 0.2) is 47.4 Å². The number of benzene rings is 2. The molecular formula is C21H21FN4O3S2. The number of methoxy groups -OCH3 is 1. The molecule has 0 unspecified atom stereocenters. The van der Waals surface area contributed by atoms with E-state index < -0.39 is 15.8 Å². The normalized spacial score (nSPS) is 11.9. The van der Waals surface area contributed by atoms with Crippen molar-refractivity contribution < 1.29 is 17.5 Å². The van der Waals surface area contributed by atoms with E-state index in [0.717, 1.165) is 32.9 Å². The van der Waals surface area contributed by atoms with E-state index in [4.69, 9.17) is 4.74 Å². The van der Waals surface area contributed by atoms with Crippen LogP contribution in [-0.2, 0) is 16.4 Å². The molecule has 2 aromatic heterocycles. The van der Waals surface area contributed by atoms with Crippen molar-refractivity contribution >= 4 is 26.3 Å². The fourth-order valence-corrected chi connectivity index (χ4v) is 5.32. The smallest absolute Gasteiger partial charge is 0.240 e. The Labute approximate surface area is 183 Å². The van der Waals surface area contributed by atoms with Crippen molar-refractivity contribution in [1.82, 2.24) is 19.3 Å². The van der Waals surface area contributed by atoms with Crippen LogP contribution < -0.4 is 9.46 Å². The number of halogens is 1. The number of fused-ring (bicyclic) bond motifs is 1. The van der Waals surface area contributed by atoms with Crippen LogP contribution in [0.4, 0.5) is 4.39 Å². The van der Waals surface area contributed by atoms with E-state index in [1.54, 1.807) is 11.6 Å². The molecule has 0 aliphatic rings. The van der Waals surface area contributed by atoms with Crippen molar-refractivity contribution in [3.05, 3.63) is 64.4 Å². The number of aromatic nitrogens is 3. The summed E-state index contributed by atoms with van der Waals surface area (Å²) in [5, 5.41) is 4.58. The highest BCUT2D eigenvalue weighted by molar-refractivity contribution is 7.89. The summed E-state index contributed by atoms with van der Waals surface area (Å²) in [4.78, 5) is 6.39. The van der Waals surface area contributed by atoms with Gasteiger partial charge in [0.15, 0.2) is 5.82 Å². The van der Waals surface area contributed by atoms with Crippen LogP contribution in [0.5, 0.6) is 5.75 Å². The van der Waals surface area contributed by atoms with Crippen molar-refractivity contribution in [2.75, 3.05) is 13.7 Å². The van der Waals surface area contributed by atoms with Gasteiger partial charge >= 0.3 is 0 Å². The second-order valence-corrected chi connectivity index (χ2v) is 9.86. The largest absolute Gasteiger partial charge is 0.497 e. The van der Waals surface area contributed by atoms with E-state index in [2.05, 4.69) is 14.8 Å². The Morgan fingerprint density at radius 2 is 1.90 bits per heavy atom. The zero-order chi connectivity index (χ0) is 22.2. The summed E-state index contributed by atoms with van der Waals surface area (Å²) in [5.74, 6) is 0.954. The Bertz CT molecular complexity index is 1350. The predicted molar refractivity (Wildman–Crippen MR) is 118 cm³/mol. The van der Waals surface area contributed by atoms with E-state index in [-0.39, 0.29) is 17.0 Å². The number of nitrogens with zero attached hydrogens (tertiary/aromatic N) is 3. The summed E-state index contributed by atoms with van der Waals surface area (Å²) in [6.07, 6.45) is 0.499. The summed E-state index contributed by atoms with van der Waals surface area (Å²) >= 11 is 1.48. The van der Waals surface area contributed by atoms with Gasteiger partial charge in [-0.2, -0.15) is 4.98 Å². The molecular weight excluding hydrogens is 439 g/mol. The Balaban J connectivity index is 1.47. The molecule has 1 N–H and O–H groups in total. The molecule has 0 saturated heterocycles. The Morgan fingerprint density at radius 1 is 1.16 bits per heavy atom. The number of rotatable bonds is 7. The molecule has 162 valence electrons. The van der Waals surface area contributed by atoms with E-state index in [1.807, 2.05) is 31.2 Å². The molecule has 7 nitrogen and oxygen atoms in total. The van der Waals surface area contributed by atoms with Crippen LogP contribution in [0, 0.1) is 19.7 Å². The van der Waals surface area contributed by atoms with Crippen LogP contribution in [0.3, 0.4) is 0 Å². The summed E-state index contributed by atoms with van der Waals surface area (Å²) < 4.78 is 47.9. The average Bonchev–Trinajstić information content (AvgIpc) is 3.29. The Hall–Kier alpha value is -2.82. The second kappa shape index (κ2) is 8.37. The van der Waals surface area contributed by atoms with E-state index in [0.29, 0.717) is 12.2 Å². The molecule has 0 amide bonds. The Morgan fingerprint density at radius 3 is 2.55 bits per heavy atom. The molecule has 2 heterocycles. The van der Waals surface area contributed by atoms with Crippen LogP contribution in [0.1, 0.15) is 16.1 Å². The highest BCUT2D eigenvalue weighted by atomic mass is 32.2. The Kier molecular flexibility index (Phi) is 5.78. The minimum atomic E-state index is -3.71. The molecule has 0 radical (unpaired) electrons. The lowest BCUT2D eigenvalue weighted by Gasteiger charge is -2.07. The van der Waals surface area contributed by atoms with Gasteiger partial charge in [-0.25, -0.2) is 22.0 Å². The lowest BCUT2D eigenvalue weighted by Crippen LogP contribution is -2.26. The fraction of sp³-hybridized carbons (Fsp3) is 0.238. The number of nitrogens with one attached hydrogen (secondary N) is 1. The SMILES string of the molecule is COc1ccc(-c2nc3sc(CCNS(=O)(=O)c4ccc(F)c(C)c4)c(C)n3n2)cc1. The summed E-state index contributed by atoms with van der Waals surface area (Å²) in [7, 11) is -2.09. The average molecular weight is 461 g/mol. The molecule has 0 spiro atoms. The highest BCUT2D eigenvalue weighted by Crippen LogP contribution is 2.26. The fourth-order valence-electron chi connectivity index (χ4n) is 3.15. The molecule has 4 rings (SSSR count). The molecule has 0 aliphatic heterocycles. The second-order valence-electron chi connectivity index (χ2n) is 7.03. The first kappa shape index (κ1) is 21.4. The van der Waals surface area contributed by atoms with Gasteiger partial charge in [-0.3, -0.25) is 0 Å². The minimum Gasteiger partial charge on any atom is -0.497 e. The van der Waals surface area contributed by atoms with Gasteiger partial charge in [0.2, 0.25) is 15.0 Å². The standard InChI is InChI=1S/C21H21FN4O3S2/c1-13-12-17(8-9-18(13)22)31(27,28)23-11-10-19-14(2)26-21(30-19)24-20(25-26)15-4-6-16(29-3)7-5-15/h4-9,12,23H,10-11H2,1-3H3. The van der Waals surface area contributed by atoms with Crippen molar-refractivity contribution in [2.45, 2.75) is 25.2 Å². The summed E-state index contributed by atoms with van der Waals surface area (Å²) in [6.45, 7) is 3.68. The maximum Gasteiger partial charge on any atom is 0.240 e. The first-order valence-electron chi connectivity index (χ1n) is 9.54. The van der Waals surface area contributed by atoms with Crippen LogP contribution >= 0.6 is 11.3 Å². The van der Waals surface area contributed by atoms with Gasteiger partial charge in [-0.15, -0.1) is 5.10 Å². The third kappa shape index (κ3) is 4.32. The molecule has 0 bridgehead atoms. The number of ether oxygens (including phenoxy) is 1.